The summed E-state index contributed by atoms with van der Waals surface area (Å²) in [4.78, 5) is 0. The van der Waals surface area contributed by atoms with E-state index in [0.29, 0.717) is 5.92 Å². The molecule has 0 bridgehead atoms. The molecule has 96 valence electrons. The van der Waals surface area contributed by atoms with Crippen LogP contribution in [0.5, 0.6) is 0 Å². The van der Waals surface area contributed by atoms with Crippen LogP contribution in [0, 0.1) is 5.92 Å². The topological polar surface area (TPSA) is 30.9 Å². The van der Waals surface area contributed by atoms with Crippen LogP contribution in [-0.4, -0.2) is 4.57 Å². The molecule has 0 saturated carbocycles. The van der Waals surface area contributed by atoms with Crippen LogP contribution in [0.25, 0.3) is 0 Å². The van der Waals surface area contributed by atoms with Gasteiger partial charge in [-0.25, -0.2) is 0 Å². The van der Waals surface area contributed by atoms with E-state index in [1.165, 1.54) is 11.1 Å². The Labute approximate surface area is 117 Å². The van der Waals surface area contributed by atoms with Gasteiger partial charge in [0.25, 0.3) is 0 Å². The maximum atomic E-state index is 6.15. The molecule has 0 amide bonds. The van der Waals surface area contributed by atoms with Crippen molar-refractivity contribution < 1.29 is 0 Å². The van der Waals surface area contributed by atoms with Gasteiger partial charge in [-0.15, -0.1) is 0 Å². The monoisotopic (exact) mass is 306 g/mol. The summed E-state index contributed by atoms with van der Waals surface area (Å²) in [6.07, 6.45) is 4.24. The van der Waals surface area contributed by atoms with Gasteiger partial charge in [-0.05, 0) is 29.2 Å². The van der Waals surface area contributed by atoms with E-state index in [4.69, 9.17) is 5.73 Å². The highest BCUT2D eigenvalue weighted by Crippen LogP contribution is 2.21. The fourth-order valence-corrected chi connectivity index (χ4v) is 2.37. The molecule has 1 heterocycles. The minimum absolute atomic E-state index is 0.116. The fraction of sp³-hybridized carbons (Fsp3) is 0.333. The van der Waals surface area contributed by atoms with Crippen LogP contribution in [0.15, 0.2) is 47.2 Å². The van der Waals surface area contributed by atoms with Gasteiger partial charge in [0.1, 0.15) is 0 Å². The van der Waals surface area contributed by atoms with Crippen LogP contribution in [0.2, 0.25) is 0 Å². The van der Waals surface area contributed by atoms with Crippen molar-refractivity contribution in [1.29, 1.82) is 0 Å². The van der Waals surface area contributed by atoms with E-state index in [1.807, 2.05) is 6.07 Å². The molecule has 18 heavy (non-hydrogen) atoms. The number of aromatic nitrogens is 1. The van der Waals surface area contributed by atoms with E-state index in [2.05, 4.69) is 71.0 Å². The zero-order chi connectivity index (χ0) is 13.1. The fourth-order valence-electron chi connectivity index (χ4n) is 1.96. The third kappa shape index (κ3) is 3.03. The van der Waals surface area contributed by atoms with Crippen LogP contribution in [0.4, 0.5) is 0 Å². The van der Waals surface area contributed by atoms with Crippen LogP contribution < -0.4 is 5.73 Å². The summed E-state index contributed by atoms with van der Waals surface area (Å²) in [6.45, 7) is 5.16. The molecule has 1 aromatic heterocycles. The predicted octanol–water partition coefficient (Wildman–Crippen LogP) is 3.95. The summed E-state index contributed by atoms with van der Waals surface area (Å²) in [5.74, 6) is 0.462. The first-order chi connectivity index (χ1) is 8.58. The lowest BCUT2D eigenvalue weighted by molar-refractivity contribution is 0.513. The van der Waals surface area contributed by atoms with Crippen molar-refractivity contribution >= 4 is 15.9 Å². The second-order valence-corrected chi connectivity index (χ2v) is 5.83. The first-order valence-corrected chi connectivity index (χ1v) is 7.02. The van der Waals surface area contributed by atoms with Gasteiger partial charge in [-0.3, -0.25) is 0 Å². The molecule has 1 aromatic carbocycles. The van der Waals surface area contributed by atoms with E-state index in [0.717, 1.165) is 11.0 Å². The molecule has 0 aliphatic rings. The zero-order valence-corrected chi connectivity index (χ0v) is 12.4. The Balaban J connectivity index is 2.14. The normalized spacial score (nSPS) is 12.9. The summed E-state index contributed by atoms with van der Waals surface area (Å²) in [5.41, 5.74) is 8.63. The number of hydrogen-bond acceptors (Lipinski definition) is 1. The predicted molar refractivity (Wildman–Crippen MR) is 79.4 cm³/mol. The van der Waals surface area contributed by atoms with E-state index in [9.17, 15) is 0 Å². The van der Waals surface area contributed by atoms with Crippen molar-refractivity contribution in [2.24, 2.45) is 11.7 Å². The lowest BCUT2D eigenvalue weighted by atomic mass is 10.00. The molecule has 2 rings (SSSR count). The Hall–Kier alpha value is -1.06. The van der Waals surface area contributed by atoms with Gasteiger partial charge < -0.3 is 10.3 Å². The van der Waals surface area contributed by atoms with E-state index in [1.54, 1.807) is 0 Å². The first-order valence-electron chi connectivity index (χ1n) is 6.22. The Morgan fingerprint density at radius 1 is 1.22 bits per heavy atom. The number of halogens is 1. The van der Waals surface area contributed by atoms with E-state index >= 15 is 0 Å². The lowest BCUT2D eigenvalue weighted by Crippen LogP contribution is -2.15. The van der Waals surface area contributed by atoms with Gasteiger partial charge in [0.05, 0.1) is 0 Å². The van der Waals surface area contributed by atoms with Crippen molar-refractivity contribution in [2.75, 3.05) is 0 Å². The van der Waals surface area contributed by atoms with Crippen molar-refractivity contribution in [2.45, 2.75) is 26.4 Å². The van der Waals surface area contributed by atoms with Gasteiger partial charge in [0, 0.05) is 29.5 Å². The molecule has 2 aromatic rings. The number of nitrogens with zero attached hydrogens (tertiary/aromatic N) is 1. The molecule has 0 saturated heterocycles. The molecule has 2 nitrogen and oxygen atoms in total. The zero-order valence-electron chi connectivity index (χ0n) is 10.8. The summed E-state index contributed by atoms with van der Waals surface area (Å²) >= 11 is 3.57. The van der Waals surface area contributed by atoms with Crippen LogP contribution in [0.1, 0.15) is 31.0 Å². The van der Waals surface area contributed by atoms with Crippen molar-refractivity contribution in [1.82, 2.24) is 4.57 Å². The average molecular weight is 307 g/mol. The molecule has 0 spiro atoms. The minimum atomic E-state index is 0.116. The van der Waals surface area contributed by atoms with Crippen molar-refractivity contribution in [3.05, 3.63) is 58.3 Å². The largest absolute Gasteiger partial charge is 0.350 e. The van der Waals surface area contributed by atoms with Crippen LogP contribution in [-0.2, 0) is 6.54 Å². The highest BCUT2D eigenvalue weighted by Gasteiger charge is 2.11. The van der Waals surface area contributed by atoms with E-state index in [-0.39, 0.29) is 6.04 Å². The third-order valence-electron chi connectivity index (χ3n) is 3.19. The van der Waals surface area contributed by atoms with E-state index < -0.39 is 0 Å². The van der Waals surface area contributed by atoms with Crippen LogP contribution in [0.3, 0.4) is 0 Å². The highest BCUT2D eigenvalue weighted by atomic mass is 79.9. The maximum Gasteiger partial charge on any atom is 0.0481 e. The number of benzene rings is 1. The minimum Gasteiger partial charge on any atom is -0.350 e. The second-order valence-electron chi connectivity index (χ2n) is 4.98. The van der Waals surface area contributed by atoms with Crippen molar-refractivity contribution in [3.63, 3.8) is 0 Å². The first kappa shape index (κ1) is 13.4. The highest BCUT2D eigenvalue weighted by molar-refractivity contribution is 9.10. The molecule has 1 atom stereocenters. The van der Waals surface area contributed by atoms with Gasteiger partial charge >= 0.3 is 0 Å². The van der Waals surface area contributed by atoms with Crippen LogP contribution >= 0.6 is 15.9 Å². The van der Waals surface area contributed by atoms with Gasteiger partial charge in [-0.2, -0.15) is 0 Å². The SMILES string of the molecule is CC(C)C(N)c1ccn(Cc2ccccc2Br)c1. The van der Waals surface area contributed by atoms with Gasteiger partial charge in [-0.1, -0.05) is 48.0 Å². The molecular weight excluding hydrogens is 288 g/mol. The van der Waals surface area contributed by atoms with Crippen molar-refractivity contribution in [3.8, 4) is 0 Å². The average Bonchev–Trinajstić information content (AvgIpc) is 2.79. The molecule has 2 N–H and O–H groups in total. The third-order valence-corrected chi connectivity index (χ3v) is 3.96. The Kier molecular flexibility index (Phi) is 4.25. The second kappa shape index (κ2) is 5.72. The summed E-state index contributed by atoms with van der Waals surface area (Å²) in [5, 5.41) is 0. The summed E-state index contributed by atoms with van der Waals surface area (Å²) in [6, 6.07) is 10.5. The Morgan fingerprint density at radius 2 is 1.94 bits per heavy atom. The summed E-state index contributed by atoms with van der Waals surface area (Å²) in [7, 11) is 0. The molecule has 0 fully saturated rings. The quantitative estimate of drug-likeness (QED) is 0.911. The number of hydrogen-bond donors (Lipinski definition) is 1. The lowest BCUT2D eigenvalue weighted by Gasteiger charge is -2.13. The number of nitrogens with two attached hydrogens (primary N) is 1. The number of rotatable bonds is 4. The molecule has 0 aliphatic heterocycles. The maximum absolute atomic E-state index is 6.15. The molecule has 0 aliphatic carbocycles. The Bertz CT molecular complexity index is 517. The standard InChI is InChI=1S/C15H19BrN2/c1-11(2)15(17)13-7-8-18(10-13)9-12-5-3-4-6-14(12)16/h3-8,10-11,15H,9,17H2,1-2H3. The smallest absolute Gasteiger partial charge is 0.0481 e. The molecule has 1 unspecified atom stereocenters. The van der Waals surface area contributed by atoms with Gasteiger partial charge in [0.2, 0.25) is 0 Å². The van der Waals surface area contributed by atoms with Gasteiger partial charge in [0.15, 0.2) is 0 Å². The molecule has 3 heteroatoms. The Morgan fingerprint density at radius 3 is 2.61 bits per heavy atom. The summed E-state index contributed by atoms with van der Waals surface area (Å²) < 4.78 is 3.32. The molecular formula is C15H19BrN2. The molecule has 0 radical (unpaired) electrons.